The summed E-state index contributed by atoms with van der Waals surface area (Å²) >= 11 is 0. The number of carbonyl (C=O) groups excluding carboxylic acids is 2. The first-order chi connectivity index (χ1) is 20.2. The van der Waals surface area contributed by atoms with Gasteiger partial charge in [-0.1, -0.05) is 13.8 Å². The highest BCUT2D eigenvalue weighted by molar-refractivity contribution is 5.88. The number of pyridine rings is 1. The normalized spacial score (nSPS) is 12.4. The molecule has 2 amide bonds. The number of aromatic nitrogens is 1. The Hall–Kier alpha value is -4.77. The van der Waals surface area contributed by atoms with Gasteiger partial charge in [-0.2, -0.15) is 0 Å². The summed E-state index contributed by atoms with van der Waals surface area (Å²) in [5.74, 6) is 0.284. The Morgan fingerprint density at radius 3 is 2.10 bits per heavy atom. The van der Waals surface area contributed by atoms with Gasteiger partial charge in [-0.05, 0) is 66.8 Å². The number of rotatable bonds is 10. The van der Waals surface area contributed by atoms with Gasteiger partial charge in [-0.15, -0.1) is 0 Å². The number of methoxy groups -OCH3 is 1. The molecule has 0 unspecified atom stereocenters. The molecule has 5 rings (SSSR count). The molecule has 3 aromatic carbocycles. The van der Waals surface area contributed by atoms with E-state index in [0.29, 0.717) is 52.3 Å². The first-order valence-electron chi connectivity index (χ1n) is 13.0. The Morgan fingerprint density at radius 2 is 1.52 bits per heavy atom. The zero-order valence-corrected chi connectivity index (χ0v) is 23.5. The van der Waals surface area contributed by atoms with Crippen molar-refractivity contribution in [1.82, 2.24) is 4.98 Å². The van der Waals surface area contributed by atoms with Crippen LogP contribution in [0, 0.1) is 17.0 Å². The lowest BCUT2D eigenvalue weighted by molar-refractivity contribution is -0.106. The quantitative estimate of drug-likeness (QED) is 0.188. The molecule has 0 spiro atoms. The van der Waals surface area contributed by atoms with Gasteiger partial charge in [0.1, 0.15) is 18.2 Å². The van der Waals surface area contributed by atoms with Crippen LogP contribution in [0.5, 0.6) is 23.0 Å². The fourth-order valence-electron chi connectivity index (χ4n) is 3.37. The topological polar surface area (TPSA) is 119 Å². The number of benzene rings is 3. The molecule has 1 aromatic heterocycles. The fourth-order valence-corrected chi connectivity index (χ4v) is 3.37. The maximum absolute atomic E-state index is 14.3. The summed E-state index contributed by atoms with van der Waals surface area (Å²) in [6.45, 7) is 4.54. The second kappa shape index (κ2) is 15.3. The number of ether oxygens (including phenoxy) is 3. The lowest BCUT2D eigenvalue weighted by Gasteiger charge is -2.14. The molecule has 1 saturated carbocycles. The van der Waals surface area contributed by atoms with Crippen molar-refractivity contribution in [3.05, 3.63) is 78.5 Å². The molecule has 0 aliphatic heterocycles. The van der Waals surface area contributed by atoms with Crippen molar-refractivity contribution < 1.29 is 37.7 Å². The molecule has 0 saturated heterocycles. The first-order valence-corrected chi connectivity index (χ1v) is 13.0. The minimum atomic E-state index is -0.628. The zero-order valence-electron chi connectivity index (χ0n) is 23.5. The molecule has 1 aliphatic rings. The lowest BCUT2D eigenvalue weighted by atomic mass is 10.1. The van der Waals surface area contributed by atoms with E-state index in [-0.39, 0.29) is 24.8 Å². The third-order valence-electron chi connectivity index (χ3n) is 6.03. The van der Waals surface area contributed by atoms with E-state index in [0.717, 1.165) is 11.5 Å². The molecule has 4 aromatic rings. The largest absolute Gasteiger partial charge is 0.493 e. The Balaban J connectivity index is 0.000000262. The number of hydrogen-bond acceptors (Lipinski definition) is 7. The summed E-state index contributed by atoms with van der Waals surface area (Å²) in [6, 6.07) is 14.6. The average Bonchev–Trinajstić information content (AvgIpc) is 3.69. The third kappa shape index (κ3) is 9.70. The number of fused-ring (bicyclic) bond motifs is 1. The highest BCUT2D eigenvalue weighted by Gasteiger charge is 2.30. The molecule has 0 atom stereocenters. The van der Waals surface area contributed by atoms with Gasteiger partial charge in [0.2, 0.25) is 12.8 Å². The van der Waals surface area contributed by atoms with Crippen LogP contribution in [0.1, 0.15) is 26.7 Å². The van der Waals surface area contributed by atoms with Crippen LogP contribution in [-0.4, -0.2) is 43.2 Å². The van der Waals surface area contributed by atoms with Crippen LogP contribution in [0.4, 0.5) is 20.2 Å². The predicted molar refractivity (Wildman–Crippen MR) is 156 cm³/mol. The van der Waals surface area contributed by atoms with Gasteiger partial charge in [-0.3, -0.25) is 14.6 Å². The minimum absolute atomic E-state index is 0.00686. The molecular formula is C31H33F2N3O6. The van der Waals surface area contributed by atoms with Gasteiger partial charge < -0.3 is 30.0 Å². The van der Waals surface area contributed by atoms with Crippen LogP contribution in [-0.2, 0) is 9.59 Å². The summed E-state index contributed by atoms with van der Waals surface area (Å²) in [4.78, 5) is 24.6. The second-order valence-electron chi connectivity index (χ2n) is 9.84. The van der Waals surface area contributed by atoms with Crippen LogP contribution in [0.3, 0.4) is 0 Å². The Kier molecular flexibility index (Phi) is 11.6. The van der Waals surface area contributed by atoms with E-state index in [9.17, 15) is 18.4 Å². The van der Waals surface area contributed by atoms with Crippen molar-refractivity contribution in [1.29, 1.82) is 0 Å². The lowest BCUT2D eigenvalue weighted by Crippen LogP contribution is -2.03. The molecule has 11 heteroatoms. The Bertz CT molecular complexity index is 1480. The smallest absolute Gasteiger partial charge is 0.211 e. The number of carbonyl (C=O) groups is 2. The minimum Gasteiger partial charge on any atom is -0.493 e. The number of hydrogen-bond donors (Lipinski definition) is 3. The van der Waals surface area contributed by atoms with E-state index in [2.05, 4.69) is 29.5 Å². The fraction of sp³-hybridized carbons (Fsp3) is 0.258. The van der Waals surface area contributed by atoms with Gasteiger partial charge in [0.15, 0.2) is 23.1 Å². The van der Waals surface area contributed by atoms with Crippen LogP contribution >= 0.6 is 0 Å². The number of nitrogens with one attached hydrogen (secondary N) is 2. The SMILES string of the molecule is CC1(C)CC1.COc1cc2nccc(Oc3ccc(NC=O)cc3F)c2cc1OCCO.O=CNc1ccc(F)cc1. The van der Waals surface area contributed by atoms with E-state index in [1.165, 1.54) is 62.5 Å². The number of amides is 2. The standard InChI is InChI=1S/C19H17FN2O5.C7H6FNO.C5H10/c1-25-18-10-15-13(9-19(18)26-7-6-23)16(4-5-21-15)27-17-3-2-12(22-11-24)8-14(17)20;8-6-1-3-7(4-2-6)9-5-10;1-5(2)3-4-5/h2-5,8-11,23H,6-7H2,1H3,(H,22,24);1-5H,(H,9,10);3-4H2,1-2H3. The number of aliphatic hydroxyl groups is 1. The zero-order chi connectivity index (χ0) is 30.5. The van der Waals surface area contributed by atoms with Crippen molar-refractivity contribution in [2.24, 2.45) is 5.41 Å². The summed E-state index contributed by atoms with van der Waals surface area (Å²) in [5, 5.41) is 14.3. The molecule has 1 heterocycles. The highest BCUT2D eigenvalue weighted by Crippen LogP contribution is 2.43. The summed E-state index contributed by atoms with van der Waals surface area (Å²) in [7, 11) is 1.50. The molecule has 0 bridgehead atoms. The van der Waals surface area contributed by atoms with Crippen molar-refractivity contribution in [3.63, 3.8) is 0 Å². The second-order valence-corrected chi connectivity index (χ2v) is 9.84. The molecule has 1 fully saturated rings. The van der Waals surface area contributed by atoms with Gasteiger partial charge >= 0.3 is 0 Å². The molecular weight excluding hydrogens is 548 g/mol. The summed E-state index contributed by atoms with van der Waals surface area (Å²) < 4.78 is 42.9. The number of aliphatic hydroxyl groups excluding tert-OH is 1. The van der Waals surface area contributed by atoms with Gasteiger partial charge in [-0.25, -0.2) is 8.78 Å². The van der Waals surface area contributed by atoms with E-state index >= 15 is 0 Å². The maximum Gasteiger partial charge on any atom is 0.211 e. The van der Waals surface area contributed by atoms with Crippen molar-refractivity contribution >= 4 is 35.1 Å². The highest BCUT2D eigenvalue weighted by atomic mass is 19.1. The average molecular weight is 582 g/mol. The molecule has 9 nitrogen and oxygen atoms in total. The van der Waals surface area contributed by atoms with E-state index in [4.69, 9.17) is 19.3 Å². The van der Waals surface area contributed by atoms with E-state index < -0.39 is 5.82 Å². The maximum atomic E-state index is 14.3. The molecule has 1 aliphatic carbocycles. The molecule has 42 heavy (non-hydrogen) atoms. The summed E-state index contributed by atoms with van der Waals surface area (Å²) in [6.07, 6.45) is 5.45. The van der Waals surface area contributed by atoms with Crippen LogP contribution in [0.15, 0.2) is 66.9 Å². The third-order valence-corrected chi connectivity index (χ3v) is 6.03. The van der Waals surface area contributed by atoms with Crippen molar-refractivity contribution in [2.75, 3.05) is 31.0 Å². The summed E-state index contributed by atoms with van der Waals surface area (Å²) in [5.41, 5.74) is 2.23. The number of nitrogens with zero attached hydrogens (tertiary/aromatic N) is 1. The molecule has 0 radical (unpaired) electrons. The predicted octanol–water partition coefficient (Wildman–Crippen LogP) is 6.31. The van der Waals surface area contributed by atoms with Crippen molar-refractivity contribution in [2.45, 2.75) is 26.7 Å². The monoisotopic (exact) mass is 581 g/mol. The molecule has 222 valence electrons. The van der Waals surface area contributed by atoms with E-state index in [1.807, 2.05) is 0 Å². The first kappa shape index (κ1) is 31.8. The number of halogens is 2. The van der Waals surface area contributed by atoms with Crippen molar-refractivity contribution in [3.8, 4) is 23.0 Å². The van der Waals surface area contributed by atoms with E-state index in [1.54, 1.807) is 18.2 Å². The Morgan fingerprint density at radius 1 is 0.881 bits per heavy atom. The Labute approximate surface area is 242 Å². The van der Waals surface area contributed by atoms with Gasteiger partial charge in [0.05, 0.1) is 19.2 Å². The van der Waals surface area contributed by atoms with Gasteiger partial charge in [0, 0.05) is 35.1 Å². The molecule has 3 N–H and O–H groups in total. The van der Waals surface area contributed by atoms with Crippen LogP contribution < -0.4 is 24.8 Å². The van der Waals surface area contributed by atoms with Gasteiger partial charge in [0.25, 0.3) is 0 Å². The van der Waals surface area contributed by atoms with Crippen LogP contribution in [0.25, 0.3) is 10.9 Å². The van der Waals surface area contributed by atoms with Crippen LogP contribution in [0.2, 0.25) is 0 Å². The number of anilines is 2.